The van der Waals surface area contributed by atoms with Gasteiger partial charge in [-0.25, -0.2) is 0 Å². The molecular formula is C50H70O2. The van der Waals surface area contributed by atoms with Crippen LogP contribution >= 0.6 is 0 Å². The first-order chi connectivity index (χ1) is 24.9. The second-order valence-electron chi connectivity index (χ2n) is 13.6. The van der Waals surface area contributed by atoms with Gasteiger partial charge in [-0.05, 0) is 109 Å². The van der Waals surface area contributed by atoms with Crippen LogP contribution in [0.4, 0.5) is 0 Å². The minimum absolute atomic E-state index is 0.224. The van der Waals surface area contributed by atoms with Crippen LogP contribution in [-0.4, -0.2) is 13.4 Å². The molecule has 52 heavy (non-hydrogen) atoms. The summed E-state index contributed by atoms with van der Waals surface area (Å²) in [6.45, 7) is 28.5. The Balaban J connectivity index is 0.000000630. The number of carbonyl (C=O) groups is 1. The third kappa shape index (κ3) is 23.3. The van der Waals surface area contributed by atoms with E-state index >= 15 is 0 Å². The molecule has 0 N–H and O–H groups in total. The molecule has 2 heteroatoms. The van der Waals surface area contributed by atoms with Crippen LogP contribution in [0.1, 0.15) is 114 Å². The van der Waals surface area contributed by atoms with E-state index < -0.39 is 0 Å². The highest BCUT2D eigenvalue weighted by molar-refractivity contribution is 5.29. The number of benzene rings is 5. The van der Waals surface area contributed by atoms with E-state index in [1.807, 2.05) is 6.79 Å². The summed E-state index contributed by atoms with van der Waals surface area (Å²) in [5, 5.41) is 0. The molecule has 1 atom stereocenters. The molecular weight excluding hydrogens is 633 g/mol. The standard InChI is InChI=1S/C14H22O.3C9H12.C8H10.CH2O/c1-4-5-6-11-15-13(3)14-9-7-12(2)8-10-14;1-7-4-5-8(2)9(3)6-7;2*1-3-9-6-4-8(2)5-7-9;1-7-3-5-8(2)6-4-7;1-2/h7-10,13H,4-6,11H2,1-3H3;4-6H,1-3H3;2*4-7H,3H2,1-2H3;3-6H,1-2H3;1H2. The predicted molar refractivity (Wildman–Crippen MR) is 230 cm³/mol. The lowest BCUT2D eigenvalue weighted by Gasteiger charge is -2.13. The first kappa shape index (κ1) is 47.7. The van der Waals surface area contributed by atoms with Crippen LogP contribution in [0.15, 0.2) is 115 Å². The zero-order valence-corrected chi connectivity index (χ0v) is 34.8. The third-order valence-corrected chi connectivity index (χ3v) is 8.60. The Kier molecular flexibility index (Phi) is 26.9. The number of hydrogen-bond donors (Lipinski definition) is 0. The highest BCUT2D eigenvalue weighted by Gasteiger charge is 2.04. The van der Waals surface area contributed by atoms with Crippen LogP contribution in [0, 0.1) is 55.4 Å². The number of unbranched alkanes of at least 4 members (excludes halogenated alkanes) is 2. The molecule has 0 aliphatic carbocycles. The van der Waals surface area contributed by atoms with Crippen LogP contribution in [-0.2, 0) is 22.4 Å². The topological polar surface area (TPSA) is 26.3 Å². The smallest absolute Gasteiger partial charge is 0.106 e. The van der Waals surface area contributed by atoms with Crippen molar-refractivity contribution < 1.29 is 9.53 Å². The van der Waals surface area contributed by atoms with E-state index in [2.05, 4.69) is 198 Å². The van der Waals surface area contributed by atoms with E-state index in [0.29, 0.717) is 0 Å². The van der Waals surface area contributed by atoms with Gasteiger partial charge in [0.05, 0.1) is 6.10 Å². The van der Waals surface area contributed by atoms with E-state index in [4.69, 9.17) is 9.53 Å². The zero-order valence-electron chi connectivity index (χ0n) is 34.8. The summed E-state index contributed by atoms with van der Waals surface area (Å²) >= 11 is 0. The molecule has 5 aromatic rings. The van der Waals surface area contributed by atoms with Gasteiger partial charge in [0.25, 0.3) is 0 Å². The molecule has 0 fully saturated rings. The normalized spacial score (nSPS) is 10.2. The first-order valence-electron chi connectivity index (χ1n) is 19.0. The molecule has 0 saturated carbocycles. The van der Waals surface area contributed by atoms with Crippen LogP contribution in [0.2, 0.25) is 0 Å². The summed E-state index contributed by atoms with van der Waals surface area (Å²) in [7, 11) is 0. The maximum absolute atomic E-state index is 8.00. The maximum Gasteiger partial charge on any atom is 0.106 e. The molecule has 0 spiro atoms. The maximum atomic E-state index is 8.00. The molecule has 0 bridgehead atoms. The Hall–Kier alpha value is -4.27. The van der Waals surface area contributed by atoms with Gasteiger partial charge >= 0.3 is 0 Å². The van der Waals surface area contributed by atoms with Crippen molar-refractivity contribution in [2.45, 2.75) is 121 Å². The molecule has 0 radical (unpaired) electrons. The van der Waals surface area contributed by atoms with Crippen molar-refractivity contribution in [3.8, 4) is 0 Å². The largest absolute Gasteiger partial charge is 0.374 e. The van der Waals surface area contributed by atoms with Gasteiger partial charge in [-0.1, -0.05) is 182 Å². The van der Waals surface area contributed by atoms with Gasteiger partial charge < -0.3 is 9.53 Å². The van der Waals surface area contributed by atoms with E-state index in [0.717, 1.165) is 19.4 Å². The Morgan fingerprint density at radius 2 is 0.808 bits per heavy atom. The fourth-order valence-corrected chi connectivity index (χ4v) is 4.72. The van der Waals surface area contributed by atoms with Gasteiger partial charge in [0.1, 0.15) is 6.79 Å². The molecule has 0 heterocycles. The number of rotatable bonds is 8. The SMILES string of the molecule is C=O.CCCCCOC(C)c1ccc(C)cc1.CCc1ccc(C)cc1.CCc1ccc(C)cc1.Cc1ccc(C)c(C)c1.Cc1ccc(C)cc1. The molecule has 0 aliphatic heterocycles. The molecule has 1 unspecified atom stereocenters. The van der Waals surface area contributed by atoms with Gasteiger partial charge in [0.2, 0.25) is 0 Å². The predicted octanol–water partition coefficient (Wildman–Crippen LogP) is 14.1. The van der Waals surface area contributed by atoms with Crippen LogP contribution in [0.5, 0.6) is 0 Å². The van der Waals surface area contributed by atoms with Crippen molar-refractivity contribution >= 4 is 6.79 Å². The molecule has 5 aromatic carbocycles. The van der Waals surface area contributed by atoms with Crippen molar-refractivity contribution in [1.29, 1.82) is 0 Å². The number of ether oxygens (including phenoxy) is 1. The van der Waals surface area contributed by atoms with Gasteiger partial charge in [-0.2, -0.15) is 0 Å². The Bertz CT molecular complexity index is 1500. The van der Waals surface area contributed by atoms with E-state index in [-0.39, 0.29) is 6.10 Å². The Morgan fingerprint density at radius 1 is 0.462 bits per heavy atom. The quantitative estimate of drug-likeness (QED) is 0.150. The summed E-state index contributed by atoms with van der Waals surface area (Å²) in [5.41, 5.74) is 14.9. The summed E-state index contributed by atoms with van der Waals surface area (Å²) in [5.74, 6) is 0. The molecule has 0 saturated heterocycles. The molecule has 0 amide bonds. The third-order valence-electron chi connectivity index (χ3n) is 8.60. The van der Waals surface area contributed by atoms with Crippen LogP contribution in [0.25, 0.3) is 0 Å². The Morgan fingerprint density at radius 3 is 1.13 bits per heavy atom. The summed E-state index contributed by atoms with van der Waals surface area (Å²) in [6, 6.07) is 40.9. The fraction of sp³-hybridized carbons (Fsp3) is 0.380. The van der Waals surface area contributed by atoms with E-state index in [1.165, 1.54) is 80.5 Å². The average molecular weight is 703 g/mol. The van der Waals surface area contributed by atoms with Gasteiger partial charge in [0, 0.05) is 6.61 Å². The van der Waals surface area contributed by atoms with Crippen molar-refractivity contribution in [2.24, 2.45) is 0 Å². The molecule has 282 valence electrons. The monoisotopic (exact) mass is 703 g/mol. The van der Waals surface area contributed by atoms with Gasteiger partial charge in [-0.3, -0.25) is 0 Å². The van der Waals surface area contributed by atoms with E-state index in [9.17, 15) is 0 Å². The van der Waals surface area contributed by atoms with Gasteiger partial charge in [-0.15, -0.1) is 0 Å². The molecule has 0 aromatic heterocycles. The second-order valence-corrected chi connectivity index (χ2v) is 13.6. The van der Waals surface area contributed by atoms with E-state index in [1.54, 1.807) is 0 Å². The lowest BCUT2D eigenvalue weighted by Crippen LogP contribution is -2.01. The average Bonchev–Trinajstić information content (AvgIpc) is 3.16. The summed E-state index contributed by atoms with van der Waals surface area (Å²) < 4.78 is 5.77. The van der Waals surface area contributed by atoms with Crippen LogP contribution in [0.3, 0.4) is 0 Å². The lowest BCUT2D eigenvalue weighted by atomic mass is 10.1. The summed E-state index contributed by atoms with van der Waals surface area (Å²) in [4.78, 5) is 8.00. The highest BCUT2D eigenvalue weighted by atomic mass is 16.5. The Labute approximate surface area is 319 Å². The minimum Gasteiger partial charge on any atom is -0.374 e. The molecule has 0 aliphatic rings. The number of carbonyl (C=O) groups excluding carboxylic acids is 1. The lowest BCUT2D eigenvalue weighted by molar-refractivity contribution is -0.0980. The van der Waals surface area contributed by atoms with Gasteiger partial charge in [0.15, 0.2) is 0 Å². The van der Waals surface area contributed by atoms with Crippen molar-refractivity contribution in [3.63, 3.8) is 0 Å². The van der Waals surface area contributed by atoms with Crippen molar-refractivity contribution in [3.05, 3.63) is 176 Å². The fourth-order valence-electron chi connectivity index (χ4n) is 4.72. The highest BCUT2D eigenvalue weighted by Crippen LogP contribution is 2.17. The second kappa shape index (κ2) is 29.3. The molecule has 2 nitrogen and oxygen atoms in total. The first-order valence-corrected chi connectivity index (χ1v) is 19.0. The van der Waals surface area contributed by atoms with Crippen LogP contribution < -0.4 is 0 Å². The summed E-state index contributed by atoms with van der Waals surface area (Å²) in [6.07, 6.45) is 6.19. The molecule has 5 rings (SSSR count). The zero-order chi connectivity index (χ0) is 39.3. The van der Waals surface area contributed by atoms with Crippen molar-refractivity contribution in [1.82, 2.24) is 0 Å². The number of hydrogen-bond acceptors (Lipinski definition) is 2. The van der Waals surface area contributed by atoms with Crippen molar-refractivity contribution in [2.75, 3.05) is 6.61 Å². The minimum atomic E-state index is 0.224. The number of aryl methyl sites for hydroxylation is 10.